The van der Waals surface area contributed by atoms with E-state index in [1.807, 2.05) is 46.0 Å². The first-order valence-electron chi connectivity index (χ1n) is 6.62. The third kappa shape index (κ3) is 1.87. The smallest absolute Gasteiger partial charge is 0.399 e. The maximum absolute atomic E-state index is 10.9. The summed E-state index contributed by atoms with van der Waals surface area (Å²) in [4.78, 5) is 10.9. The lowest BCUT2D eigenvalue weighted by molar-refractivity contribution is 0.00578. The first-order valence-corrected chi connectivity index (χ1v) is 6.62. The fourth-order valence-corrected chi connectivity index (χ4v) is 2.23. The van der Waals surface area contributed by atoms with Gasteiger partial charge >= 0.3 is 7.12 Å². The van der Waals surface area contributed by atoms with Crippen LogP contribution in [0.2, 0.25) is 0 Å². The van der Waals surface area contributed by atoms with E-state index in [1.165, 1.54) is 0 Å². The van der Waals surface area contributed by atoms with Crippen LogP contribution in [-0.2, 0) is 9.31 Å². The van der Waals surface area contributed by atoms with Gasteiger partial charge in [0.15, 0.2) is 6.29 Å². The summed E-state index contributed by atoms with van der Waals surface area (Å²) < 4.78 is 13.7. The summed E-state index contributed by atoms with van der Waals surface area (Å²) >= 11 is 0. The molecule has 104 valence electrons. The molecule has 20 heavy (non-hydrogen) atoms. The lowest BCUT2D eigenvalue weighted by atomic mass is 9.80. The number of carbonyl (C=O) groups is 1. The van der Waals surface area contributed by atoms with Gasteiger partial charge in [-0.25, -0.2) is 4.52 Å². The van der Waals surface area contributed by atoms with Crippen molar-refractivity contribution in [1.29, 1.82) is 0 Å². The van der Waals surface area contributed by atoms with Crippen LogP contribution in [0.1, 0.15) is 38.1 Å². The molecule has 0 spiro atoms. The second-order valence-electron chi connectivity index (χ2n) is 6.10. The predicted molar refractivity (Wildman–Crippen MR) is 76.3 cm³/mol. The first-order chi connectivity index (χ1) is 9.34. The third-order valence-corrected chi connectivity index (χ3v) is 4.22. The van der Waals surface area contributed by atoms with E-state index in [0.717, 1.165) is 17.3 Å². The van der Waals surface area contributed by atoms with Gasteiger partial charge in [0, 0.05) is 11.7 Å². The normalized spacial score (nSPS) is 20.5. The van der Waals surface area contributed by atoms with Gasteiger partial charge in [-0.05, 0) is 33.8 Å². The molecule has 3 rings (SSSR count). The molecule has 1 saturated heterocycles. The average molecular weight is 272 g/mol. The zero-order chi connectivity index (χ0) is 14.5. The number of pyridine rings is 1. The Balaban J connectivity index is 1.98. The minimum Gasteiger partial charge on any atom is -0.399 e. The highest BCUT2D eigenvalue weighted by molar-refractivity contribution is 6.62. The Morgan fingerprint density at radius 2 is 1.85 bits per heavy atom. The Bertz CT molecular complexity index is 662. The Hall–Kier alpha value is -1.66. The number of aldehydes is 1. The van der Waals surface area contributed by atoms with Crippen LogP contribution in [0.3, 0.4) is 0 Å². The van der Waals surface area contributed by atoms with Crippen LogP contribution < -0.4 is 5.46 Å². The topological polar surface area (TPSA) is 52.8 Å². The number of rotatable bonds is 2. The lowest BCUT2D eigenvalue weighted by Crippen LogP contribution is -2.41. The minimum absolute atomic E-state index is 0.370. The molecule has 0 aromatic carbocycles. The molecule has 1 aliphatic heterocycles. The van der Waals surface area contributed by atoms with Gasteiger partial charge in [0.25, 0.3) is 0 Å². The van der Waals surface area contributed by atoms with E-state index in [4.69, 9.17) is 9.31 Å². The fraction of sp³-hybridized carbons (Fsp3) is 0.429. The maximum Gasteiger partial charge on any atom is 0.496 e. The summed E-state index contributed by atoms with van der Waals surface area (Å²) in [6, 6.07) is 3.77. The molecule has 0 atom stereocenters. The Kier molecular flexibility index (Phi) is 2.78. The number of nitrogens with zero attached hydrogens (tertiary/aromatic N) is 2. The molecule has 1 aliphatic rings. The zero-order valence-electron chi connectivity index (χ0n) is 12.1. The molecule has 0 unspecified atom stereocenters. The minimum atomic E-state index is -0.423. The molecule has 0 saturated carbocycles. The summed E-state index contributed by atoms with van der Waals surface area (Å²) in [6.45, 7) is 8.07. The summed E-state index contributed by atoms with van der Waals surface area (Å²) in [5, 5.41) is 4.17. The number of aromatic nitrogens is 2. The van der Waals surface area contributed by atoms with E-state index in [-0.39, 0.29) is 11.2 Å². The number of hydrogen-bond donors (Lipinski definition) is 0. The van der Waals surface area contributed by atoms with E-state index in [1.54, 1.807) is 10.7 Å². The summed E-state index contributed by atoms with van der Waals surface area (Å²) in [7, 11) is -0.423. The number of hydrogen-bond acceptors (Lipinski definition) is 4. The fourth-order valence-electron chi connectivity index (χ4n) is 2.23. The highest BCUT2D eigenvalue weighted by Gasteiger charge is 2.51. The Morgan fingerprint density at radius 1 is 1.20 bits per heavy atom. The van der Waals surface area contributed by atoms with Crippen LogP contribution in [0.15, 0.2) is 24.5 Å². The lowest BCUT2D eigenvalue weighted by Gasteiger charge is -2.32. The van der Waals surface area contributed by atoms with E-state index < -0.39 is 7.12 Å². The molecule has 1 fully saturated rings. The molecule has 0 bridgehead atoms. The van der Waals surface area contributed by atoms with Crippen molar-refractivity contribution in [2.45, 2.75) is 38.9 Å². The highest BCUT2D eigenvalue weighted by Crippen LogP contribution is 2.36. The third-order valence-electron chi connectivity index (χ3n) is 4.22. The molecule has 0 amide bonds. The van der Waals surface area contributed by atoms with Crippen molar-refractivity contribution in [2.24, 2.45) is 0 Å². The second kappa shape index (κ2) is 4.17. The van der Waals surface area contributed by atoms with Gasteiger partial charge in [-0.3, -0.25) is 4.79 Å². The quantitative estimate of drug-likeness (QED) is 0.613. The van der Waals surface area contributed by atoms with Crippen molar-refractivity contribution >= 4 is 24.4 Å². The SMILES string of the molecule is CC1(C)OB(c2ccc3c(C=O)cnn3c2)OC1(C)C. The van der Waals surface area contributed by atoms with Crippen molar-refractivity contribution < 1.29 is 14.1 Å². The van der Waals surface area contributed by atoms with Gasteiger partial charge in [-0.15, -0.1) is 0 Å². The van der Waals surface area contributed by atoms with Crippen LogP contribution in [0, 0.1) is 0 Å². The Morgan fingerprint density at radius 3 is 2.45 bits per heavy atom. The molecule has 5 nitrogen and oxygen atoms in total. The van der Waals surface area contributed by atoms with Crippen molar-refractivity contribution in [3.8, 4) is 0 Å². The van der Waals surface area contributed by atoms with Crippen molar-refractivity contribution in [1.82, 2.24) is 9.61 Å². The van der Waals surface area contributed by atoms with E-state index in [2.05, 4.69) is 5.10 Å². The first kappa shape index (κ1) is 13.3. The van der Waals surface area contributed by atoms with Gasteiger partial charge in [0.05, 0.1) is 28.5 Å². The molecule has 0 aliphatic carbocycles. The highest BCUT2D eigenvalue weighted by atomic mass is 16.7. The average Bonchev–Trinajstić information content (AvgIpc) is 2.87. The van der Waals surface area contributed by atoms with Crippen LogP contribution in [0.4, 0.5) is 0 Å². The summed E-state index contributed by atoms with van der Waals surface area (Å²) in [6.07, 6.45) is 4.19. The van der Waals surface area contributed by atoms with Crippen LogP contribution >= 0.6 is 0 Å². The van der Waals surface area contributed by atoms with Crippen LogP contribution in [0.25, 0.3) is 5.52 Å². The van der Waals surface area contributed by atoms with Crippen molar-refractivity contribution in [3.05, 3.63) is 30.1 Å². The standard InChI is InChI=1S/C14H17BN2O3/c1-13(2)14(3,4)20-15(19-13)11-5-6-12-10(9-18)7-16-17(12)8-11/h5-9H,1-4H3. The van der Waals surface area contributed by atoms with Gasteiger partial charge in [0.2, 0.25) is 0 Å². The van der Waals surface area contributed by atoms with E-state index >= 15 is 0 Å². The van der Waals surface area contributed by atoms with Gasteiger partial charge < -0.3 is 9.31 Å². The molecule has 2 aromatic heterocycles. The van der Waals surface area contributed by atoms with E-state index in [9.17, 15) is 4.79 Å². The molecular weight excluding hydrogens is 255 g/mol. The van der Waals surface area contributed by atoms with Crippen LogP contribution in [0.5, 0.6) is 0 Å². The zero-order valence-corrected chi connectivity index (χ0v) is 12.1. The molecule has 6 heteroatoms. The van der Waals surface area contributed by atoms with E-state index in [0.29, 0.717) is 5.56 Å². The molecule has 2 aromatic rings. The number of carbonyl (C=O) groups excluding carboxylic acids is 1. The molecule has 3 heterocycles. The summed E-state index contributed by atoms with van der Waals surface area (Å²) in [5.74, 6) is 0. The van der Waals surface area contributed by atoms with Crippen molar-refractivity contribution in [3.63, 3.8) is 0 Å². The van der Waals surface area contributed by atoms with Crippen molar-refractivity contribution in [2.75, 3.05) is 0 Å². The monoisotopic (exact) mass is 272 g/mol. The predicted octanol–water partition coefficient (Wildman–Crippen LogP) is 1.45. The van der Waals surface area contributed by atoms with Gasteiger partial charge in [-0.1, -0.05) is 6.07 Å². The van der Waals surface area contributed by atoms with Gasteiger partial charge in [-0.2, -0.15) is 5.10 Å². The summed E-state index contributed by atoms with van der Waals surface area (Å²) in [5.41, 5.74) is 1.50. The maximum atomic E-state index is 10.9. The van der Waals surface area contributed by atoms with Crippen LogP contribution in [-0.4, -0.2) is 34.2 Å². The molecular formula is C14H17BN2O3. The molecule has 0 radical (unpaired) electrons. The second-order valence-corrected chi connectivity index (χ2v) is 6.10. The molecule has 0 N–H and O–H groups in total. The largest absolute Gasteiger partial charge is 0.496 e. The van der Waals surface area contributed by atoms with Gasteiger partial charge in [0.1, 0.15) is 0 Å². The number of fused-ring (bicyclic) bond motifs is 1. The Labute approximate surface area is 118 Å².